The molecule has 2 fully saturated rings. The van der Waals surface area contributed by atoms with Crippen LogP contribution in [0.4, 0.5) is 0 Å². The predicted octanol–water partition coefficient (Wildman–Crippen LogP) is 7.41. The van der Waals surface area contributed by atoms with Crippen molar-refractivity contribution >= 4 is 0 Å². The van der Waals surface area contributed by atoms with Crippen LogP contribution in [-0.2, 0) is 0 Å². The number of allylic oxidation sites excluding steroid dienone is 2. The first-order valence-corrected chi connectivity index (χ1v) is 10.3. The van der Waals surface area contributed by atoms with E-state index in [1.807, 2.05) is 0 Å². The summed E-state index contributed by atoms with van der Waals surface area (Å²) in [5.41, 5.74) is 3.14. The second-order valence-corrected chi connectivity index (χ2v) is 9.05. The number of rotatable bonds is 7. The molecule has 0 heterocycles. The highest BCUT2D eigenvalue weighted by molar-refractivity contribution is 5.26. The average molecular weight is 317 g/mol. The van der Waals surface area contributed by atoms with Crippen molar-refractivity contribution in [2.45, 2.75) is 85.5 Å². The van der Waals surface area contributed by atoms with E-state index in [9.17, 15) is 0 Å². The van der Waals surface area contributed by atoms with Gasteiger partial charge in [-0.2, -0.15) is 0 Å². The quantitative estimate of drug-likeness (QED) is 0.429. The van der Waals surface area contributed by atoms with Gasteiger partial charge in [-0.1, -0.05) is 90.5 Å². The standard InChI is InChI=1S/C23H40/c1-16(2)10-9-11-17(3)14-15-21-18(4)19(5)22-12-7-8-13-23(22)20(21)6/h16-18,21-23H,5-15H2,1-4H3. The monoisotopic (exact) mass is 316 g/mol. The van der Waals surface area contributed by atoms with Gasteiger partial charge in [-0.15, -0.1) is 0 Å². The van der Waals surface area contributed by atoms with E-state index in [1.165, 1.54) is 57.8 Å². The van der Waals surface area contributed by atoms with Crippen LogP contribution in [-0.4, -0.2) is 0 Å². The summed E-state index contributed by atoms with van der Waals surface area (Å²) in [5, 5.41) is 0. The van der Waals surface area contributed by atoms with Crippen molar-refractivity contribution in [3.63, 3.8) is 0 Å². The zero-order valence-corrected chi connectivity index (χ0v) is 16.2. The zero-order valence-electron chi connectivity index (χ0n) is 16.2. The highest BCUT2D eigenvalue weighted by Gasteiger charge is 2.40. The lowest BCUT2D eigenvalue weighted by atomic mass is 9.58. The maximum atomic E-state index is 4.59. The fraction of sp³-hybridized carbons (Fsp3) is 0.826. The molecule has 0 amide bonds. The summed E-state index contributed by atoms with van der Waals surface area (Å²) >= 11 is 0. The van der Waals surface area contributed by atoms with E-state index in [4.69, 9.17) is 0 Å². The number of fused-ring (bicyclic) bond motifs is 1. The van der Waals surface area contributed by atoms with Crippen molar-refractivity contribution in [3.8, 4) is 0 Å². The lowest BCUT2D eigenvalue weighted by Gasteiger charge is -2.46. The molecular weight excluding hydrogens is 276 g/mol. The Morgan fingerprint density at radius 3 is 2.13 bits per heavy atom. The summed E-state index contributed by atoms with van der Waals surface area (Å²) in [6, 6.07) is 0. The van der Waals surface area contributed by atoms with Gasteiger partial charge in [0.25, 0.3) is 0 Å². The van der Waals surface area contributed by atoms with Gasteiger partial charge < -0.3 is 0 Å². The zero-order chi connectivity index (χ0) is 17.0. The Bertz CT molecular complexity index is 402. The summed E-state index contributed by atoms with van der Waals surface area (Å²) in [6.07, 6.45) is 12.4. The van der Waals surface area contributed by atoms with Crippen LogP contribution in [0, 0.1) is 35.5 Å². The second-order valence-electron chi connectivity index (χ2n) is 9.05. The van der Waals surface area contributed by atoms with Crippen molar-refractivity contribution in [1.29, 1.82) is 0 Å². The van der Waals surface area contributed by atoms with E-state index in [2.05, 4.69) is 40.9 Å². The molecule has 2 rings (SSSR count). The van der Waals surface area contributed by atoms with Crippen LogP contribution in [0.15, 0.2) is 24.3 Å². The third-order valence-corrected chi connectivity index (χ3v) is 6.83. The lowest BCUT2D eigenvalue weighted by Crippen LogP contribution is -2.36. The maximum absolute atomic E-state index is 4.59. The van der Waals surface area contributed by atoms with Crippen molar-refractivity contribution in [3.05, 3.63) is 24.3 Å². The molecule has 0 N–H and O–H groups in total. The van der Waals surface area contributed by atoms with Gasteiger partial charge in [0.2, 0.25) is 0 Å². The lowest BCUT2D eigenvalue weighted by molar-refractivity contribution is 0.204. The van der Waals surface area contributed by atoms with E-state index in [-0.39, 0.29) is 0 Å². The summed E-state index contributed by atoms with van der Waals surface area (Å²) in [6.45, 7) is 18.7. The van der Waals surface area contributed by atoms with Crippen molar-refractivity contribution in [2.24, 2.45) is 35.5 Å². The molecule has 0 aliphatic heterocycles. The van der Waals surface area contributed by atoms with Gasteiger partial charge in [0, 0.05) is 0 Å². The van der Waals surface area contributed by atoms with Gasteiger partial charge in [0.05, 0.1) is 0 Å². The SMILES string of the molecule is C=C1C(C)C(CCC(C)CCCC(C)C)C(=C)C2CCCCC12. The van der Waals surface area contributed by atoms with Gasteiger partial charge in [0.1, 0.15) is 0 Å². The van der Waals surface area contributed by atoms with E-state index >= 15 is 0 Å². The molecule has 0 aromatic rings. The Hall–Kier alpha value is -0.520. The molecule has 0 aromatic carbocycles. The first kappa shape index (κ1) is 18.8. The topological polar surface area (TPSA) is 0 Å². The Morgan fingerprint density at radius 2 is 1.52 bits per heavy atom. The van der Waals surface area contributed by atoms with Gasteiger partial charge in [-0.3, -0.25) is 0 Å². The van der Waals surface area contributed by atoms with Crippen molar-refractivity contribution in [1.82, 2.24) is 0 Å². The van der Waals surface area contributed by atoms with Crippen LogP contribution in [0.25, 0.3) is 0 Å². The molecule has 0 aromatic heterocycles. The highest BCUT2D eigenvalue weighted by Crippen LogP contribution is 2.51. The van der Waals surface area contributed by atoms with Crippen molar-refractivity contribution in [2.75, 3.05) is 0 Å². The maximum Gasteiger partial charge on any atom is -0.0137 e. The normalized spacial score (nSPS) is 32.9. The van der Waals surface area contributed by atoms with Gasteiger partial charge in [-0.05, 0) is 54.8 Å². The minimum atomic E-state index is 0.657. The molecule has 2 saturated carbocycles. The minimum absolute atomic E-state index is 0.657. The smallest absolute Gasteiger partial charge is 0.0137 e. The fourth-order valence-corrected chi connectivity index (χ4v) is 5.13. The Kier molecular flexibility index (Phi) is 6.99. The molecule has 2 aliphatic rings. The fourth-order valence-electron chi connectivity index (χ4n) is 5.13. The summed E-state index contributed by atoms with van der Waals surface area (Å²) in [7, 11) is 0. The second kappa shape index (κ2) is 8.54. The molecular formula is C23H40. The summed E-state index contributed by atoms with van der Waals surface area (Å²) in [4.78, 5) is 0. The molecule has 5 unspecified atom stereocenters. The Balaban J connectivity index is 1.86. The molecule has 2 aliphatic carbocycles. The third-order valence-electron chi connectivity index (χ3n) is 6.83. The van der Waals surface area contributed by atoms with E-state index in [0.717, 1.165) is 23.7 Å². The predicted molar refractivity (Wildman–Crippen MR) is 103 cm³/mol. The minimum Gasteiger partial charge on any atom is -0.0993 e. The van der Waals surface area contributed by atoms with E-state index in [1.54, 1.807) is 11.1 Å². The molecule has 0 saturated heterocycles. The molecule has 0 heteroatoms. The van der Waals surface area contributed by atoms with E-state index < -0.39 is 0 Å². The molecule has 5 atom stereocenters. The average Bonchev–Trinajstić information content (AvgIpc) is 2.52. The number of hydrogen-bond donors (Lipinski definition) is 0. The first-order chi connectivity index (χ1) is 10.9. The van der Waals surface area contributed by atoms with Crippen molar-refractivity contribution < 1.29 is 0 Å². The summed E-state index contributed by atoms with van der Waals surface area (Å²) < 4.78 is 0. The van der Waals surface area contributed by atoms with Crippen LogP contribution in [0.5, 0.6) is 0 Å². The van der Waals surface area contributed by atoms with Crippen LogP contribution >= 0.6 is 0 Å². The molecule has 0 nitrogen and oxygen atoms in total. The largest absolute Gasteiger partial charge is 0.0993 e. The molecule has 0 bridgehead atoms. The molecule has 132 valence electrons. The summed E-state index contributed by atoms with van der Waals surface area (Å²) in [5.74, 6) is 4.59. The molecule has 0 radical (unpaired) electrons. The van der Waals surface area contributed by atoms with Gasteiger partial charge in [-0.25, -0.2) is 0 Å². The Labute approximate surface area is 145 Å². The van der Waals surface area contributed by atoms with Crippen LogP contribution in [0.1, 0.15) is 85.5 Å². The van der Waals surface area contributed by atoms with Crippen LogP contribution < -0.4 is 0 Å². The highest BCUT2D eigenvalue weighted by atomic mass is 14.5. The van der Waals surface area contributed by atoms with Crippen LogP contribution in [0.2, 0.25) is 0 Å². The van der Waals surface area contributed by atoms with E-state index in [0.29, 0.717) is 11.8 Å². The molecule has 23 heavy (non-hydrogen) atoms. The Morgan fingerprint density at radius 1 is 0.913 bits per heavy atom. The van der Waals surface area contributed by atoms with Crippen LogP contribution in [0.3, 0.4) is 0 Å². The van der Waals surface area contributed by atoms with Gasteiger partial charge in [0.15, 0.2) is 0 Å². The molecule has 0 spiro atoms. The number of hydrogen-bond acceptors (Lipinski definition) is 0. The third kappa shape index (κ3) is 4.74. The van der Waals surface area contributed by atoms with Gasteiger partial charge >= 0.3 is 0 Å². The first-order valence-electron chi connectivity index (χ1n) is 10.3.